The molecule has 0 saturated carbocycles. The van der Waals surface area contributed by atoms with Gasteiger partial charge < -0.3 is 10.0 Å². The Labute approximate surface area is 118 Å². The molecular weight excluding hydrogens is 258 g/mol. The van der Waals surface area contributed by atoms with Gasteiger partial charge >= 0.3 is 5.97 Å². The van der Waals surface area contributed by atoms with Crippen LogP contribution in [0.2, 0.25) is 0 Å². The van der Waals surface area contributed by atoms with Gasteiger partial charge in [0, 0.05) is 19.6 Å². The molecule has 1 fully saturated rings. The van der Waals surface area contributed by atoms with E-state index in [4.69, 9.17) is 5.11 Å². The van der Waals surface area contributed by atoms with Crippen LogP contribution in [0.3, 0.4) is 0 Å². The lowest BCUT2D eigenvalue weighted by molar-refractivity contribution is -0.142. The van der Waals surface area contributed by atoms with E-state index in [-0.39, 0.29) is 18.4 Å². The number of carbonyl (C=O) groups is 2. The van der Waals surface area contributed by atoms with Crippen molar-refractivity contribution in [2.24, 2.45) is 11.8 Å². The van der Waals surface area contributed by atoms with Gasteiger partial charge in [-0.1, -0.05) is 13.8 Å². The topological polar surface area (TPSA) is 75.4 Å². The van der Waals surface area contributed by atoms with Gasteiger partial charge in [0.1, 0.15) is 5.69 Å². The summed E-state index contributed by atoms with van der Waals surface area (Å²) in [5.41, 5.74) is 1.44. The fourth-order valence-corrected chi connectivity index (χ4v) is 2.67. The molecule has 1 aromatic rings. The molecule has 2 heterocycles. The lowest BCUT2D eigenvalue weighted by Crippen LogP contribution is -2.31. The molecule has 0 aromatic carbocycles. The van der Waals surface area contributed by atoms with Crippen molar-refractivity contribution >= 4 is 11.9 Å². The van der Waals surface area contributed by atoms with Crippen LogP contribution in [0.25, 0.3) is 0 Å². The Morgan fingerprint density at radius 3 is 2.60 bits per heavy atom. The van der Waals surface area contributed by atoms with Crippen LogP contribution in [0, 0.1) is 11.8 Å². The fraction of sp³-hybridized carbons (Fsp3) is 0.643. The number of carboxylic acid groups (broad SMARTS) is 1. The number of amides is 1. The van der Waals surface area contributed by atoms with E-state index in [0.717, 1.165) is 12.1 Å². The van der Waals surface area contributed by atoms with Gasteiger partial charge in [0.2, 0.25) is 0 Å². The third kappa shape index (κ3) is 2.55. The first kappa shape index (κ1) is 14.6. The van der Waals surface area contributed by atoms with Crippen LogP contribution in [0.15, 0.2) is 6.07 Å². The number of aryl methyl sites for hydroxylation is 2. The van der Waals surface area contributed by atoms with Gasteiger partial charge in [0.05, 0.1) is 11.6 Å². The van der Waals surface area contributed by atoms with Crippen molar-refractivity contribution in [1.29, 1.82) is 0 Å². The van der Waals surface area contributed by atoms with Crippen molar-refractivity contribution in [3.05, 3.63) is 17.5 Å². The maximum Gasteiger partial charge on any atom is 0.308 e. The van der Waals surface area contributed by atoms with E-state index in [9.17, 15) is 9.59 Å². The van der Waals surface area contributed by atoms with Crippen molar-refractivity contribution in [1.82, 2.24) is 14.7 Å². The number of carbonyl (C=O) groups excluding carboxylic acids is 1. The summed E-state index contributed by atoms with van der Waals surface area (Å²) in [6.45, 7) is 7.22. The molecule has 1 N–H and O–H groups in total. The maximum absolute atomic E-state index is 12.5. The molecule has 1 aliphatic heterocycles. The number of likely N-dealkylation sites (tertiary alicyclic amines) is 1. The zero-order valence-corrected chi connectivity index (χ0v) is 12.2. The molecule has 6 nitrogen and oxygen atoms in total. The SMILES string of the molecule is CCc1cc(C(=O)N2C[C@@H](C)[C@H](C(=O)O)C2)n(CC)n1. The molecule has 0 unspecified atom stereocenters. The van der Waals surface area contributed by atoms with Crippen LogP contribution in [0.4, 0.5) is 0 Å². The predicted molar refractivity (Wildman–Crippen MR) is 73.5 cm³/mol. The van der Waals surface area contributed by atoms with Crippen LogP contribution in [0.5, 0.6) is 0 Å². The number of aliphatic carboxylic acids is 1. The molecular formula is C14H21N3O3. The highest BCUT2D eigenvalue weighted by molar-refractivity contribution is 5.93. The summed E-state index contributed by atoms with van der Waals surface area (Å²) in [7, 11) is 0. The van der Waals surface area contributed by atoms with Crippen LogP contribution < -0.4 is 0 Å². The largest absolute Gasteiger partial charge is 0.481 e. The Morgan fingerprint density at radius 2 is 2.10 bits per heavy atom. The quantitative estimate of drug-likeness (QED) is 0.900. The second-order valence-corrected chi connectivity index (χ2v) is 5.32. The minimum absolute atomic E-state index is 0.0138. The summed E-state index contributed by atoms with van der Waals surface area (Å²) in [6, 6.07) is 1.81. The average molecular weight is 279 g/mol. The van der Waals surface area contributed by atoms with Gasteiger partial charge in [-0.15, -0.1) is 0 Å². The Hall–Kier alpha value is -1.85. The maximum atomic E-state index is 12.5. The highest BCUT2D eigenvalue weighted by atomic mass is 16.4. The van der Waals surface area contributed by atoms with Crippen LogP contribution >= 0.6 is 0 Å². The molecule has 1 aliphatic rings. The van der Waals surface area contributed by atoms with Crippen molar-refractivity contribution in [2.45, 2.75) is 33.7 Å². The number of hydrogen-bond acceptors (Lipinski definition) is 3. The third-order valence-corrected chi connectivity index (χ3v) is 3.93. The van der Waals surface area contributed by atoms with E-state index >= 15 is 0 Å². The highest BCUT2D eigenvalue weighted by Gasteiger charge is 2.38. The van der Waals surface area contributed by atoms with Crippen LogP contribution in [-0.4, -0.2) is 44.8 Å². The first-order valence-corrected chi connectivity index (χ1v) is 7.06. The summed E-state index contributed by atoms with van der Waals surface area (Å²) in [5, 5.41) is 13.5. The number of rotatable bonds is 4. The molecule has 0 aliphatic carbocycles. The molecule has 1 saturated heterocycles. The van der Waals surface area contributed by atoms with Crippen LogP contribution in [-0.2, 0) is 17.8 Å². The zero-order valence-electron chi connectivity index (χ0n) is 12.2. The Morgan fingerprint density at radius 1 is 1.40 bits per heavy atom. The van der Waals surface area contributed by atoms with Gasteiger partial charge in [-0.3, -0.25) is 14.3 Å². The molecule has 1 amide bonds. The highest BCUT2D eigenvalue weighted by Crippen LogP contribution is 2.25. The van der Waals surface area contributed by atoms with Crippen molar-refractivity contribution in [3.8, 4) is 0 Å². The smallest absolute Gasteiger partial charge is 0.308 e. The van der Waals surface area contributed by atoms with E-state index in [1.807, 2.05) is 26.8 Å². The van der Waals surface area contributed by atoms with E-state index < -0.39 is 11.9 Å². The molecule has 0 spiro atoms. The molecule has 1 aromatic heterocycles. The third-order valence-electron chi connectivity index (χ3n) is 3.93. The minimum atomic E-state index is -0.828. The summed E-state index contributed by atoms with van der Waals surface area (Å²) in [6.07, 6.45) is 0.779. The summed E-state index contributed by atoms with van der Waals surface area (Å²) >= 11 is 0. The zero-order chi connectivity index (χ0) is 14.9. The number of hydrogen-bond donors (Lipinski definition) is 1. The minimum Gasteiger partial charge on any atom is -0.481 e. The molecule has 0 radical (unpaired) electrons. The Balaban J connectivity index is 2.20. The number of carboxylic acids is 1. The van der Waals surface area contributed by atoms with E-state index in [2.05, 4.69) is 5.10 Å². The van der Waals surface area contributed by atoms with E-state index in [0.29, 0.717) is 18.8 Å². The standard InChI is InChI=1S/C14H21N3O3/c1-4-10-6-12(17(5-2)15-10)13(18)16-7-9(3)11(8-16)14(19)20/h6,9,11H,4-5,7-8H2,1-3H3,(H,19,20)/t9-,11-/m1/s1. The first-order chi connectivity index (χ1) is 9.47. The number of aromatic nitrogens is 2. The van der Waals surface area contributed by atoms with Gasteiger partial charge in [0.15, 0.2) is 0 Å². The fourth-order valence-electron chi connectivity index (χ4n) is 2.67. The molecule has 2 atom stereocenters. The first-order valence-electron chi connectivity index (χ1n) is 7.06. The average Bonchev–Trinajstić information content (AvgIpc) is 3.00. The number of nitrogens with zero attached hydrogens (tertiary/aromatic N) is 3. The monoisotopic (exact) mass is 279 g/mol. The second kappa shape index (κ2) is 5.64. The van der Waals surface area contributed by atoms with E-state index in [1.165, 1.54) is 0 Å². The molecule has 110 valence electrons. The normalized spacial score (nSPS) is 22.2. The van der Waals surface area contributed by atoms with Crippen molar-refractivity contribution in [2.75, 3.05) is 13.1 Å². The summed E-state index contributed by atoms with van der Waals surface area (Å²) in [4.78, 5) is 25.3. The summed E-state index contributed by atoms with van der Waals surface area (Å²) < 4.78 is 1.69. The van der Waals surface area contributed by atoms with E-state index in [1.54, 1.807) is 9.58 Å². The summed E-state index contributed by atoms with van der Waals surface area (Å²) in [5.74, 6) is -1.43. The lowest BCUT2D eigenvalue weighted by atomic mass is 9.99. The molecule has 20 heavy (non-hydrogen) atoms. The van der Waals surface area contributed by atoms with Gasteiger partial charge in [-0.05, 0) is 25.3 Å². The molecule has 2 rings (SSSR count). The second-order valence-electron chi connectivity index (χ2n) is 5.32. The van der Waals surface area contributed by atoms with Crippen molar-refractivity contribution in [3.63, 3.8) is 0 Å². The Kier molecular flexibility index (Phi) is 4.11. The Bertz CT molecular complexity index is 524. The predicted octanol–water partition coefficient (Wildman–Crippen LogP) is 1.26. The van der Waals surface area contributed by atoms with Gasteiger partial charge in [-0.2, -0.15) is 5.10 Å². The van der Waals surface area contributed by atoms with Gasteiger partial charge in [0.25, 0.3) is 5.91 Å². The van der Waals surface area contributed by atoms with Crippen molar-refractivity contribution < 1.29 is 14.7 Å². The molecule has 0 bridgehead atoms. The lowest BCUT2D eigenvalue weighted by Gasteiger charge is -2.16. The molecule has 6 heteroatoms. The van der Waals surface area contributed by atoms with Gasteiger partial charge in [-0.25, -0.2) is 0 Å². The van der Waals surface area contributed by atoms with Crippen LogP contribution in [0.1, 0.15) is 37.0 Å².